The van der Waals surface area contributed by atoms with E-state index in [9.17, 15) is 0 Å². The van der Waals surface area contributed by atoms with Crippen LogP contribution in [-0.2, 0) is 13.1 Å². The molecule has 0 radical (unpaired) electrons. The highest BCUT2D eigenvalue weighted by Gasteiger charge is 2.06. The predicted octanol–water partition coefficient (Wildman–Crippen LogP) is 4.32. The van der Waals surface area contributed by atoms with Crippen LogP contribution >= 0.6 is 27.5 Å². The second kappa shape index (κ2) is 6.42. The highest BCUT2D eigenvalue weighted by molar-refractivity contribution is 9.10. The summed E-state index contributed by atoms with van der Waals surface area (Å²) in [5, 5.41) is 0.810. The number of hydrogen-bond acceptors (Lipinski definition) is 2. The molecule has 0 aliphatic heterocycles. The molecule has 0 aliphatic rings. The van der Waals surface area contributed by atoms with Gasteiger partial charge in [-0.05, 0) is 52.3 Å². The lowest BCUT2D eigenvalue weighted by molar-refractivity contribution is 0.319. The quantitative estimate of drug-likeness (QED) is 0.841. The van der Waals surface area contributed by atoms with Gasteiger partial charge in [-0.25, -0.2) is 0 Å². The summed E-state index contributed by atoms with van der Waals surface area (Å²) in [5.74, 6) is 0. The monoisotopic (exact) mass is 338 g/mol. The largest absolute Gasteiger partial charge is 0.398 e. The molecule has 0 aromatic heterocycles. The first-order valence-electron chi connectivity index (χ1n) is 6.02. The van der Waals surface area contributed by atoms with Gasteiger partial charge in [-0.2, -0.15) is 0 Å². The number of nitrogens with two attached hydrogens (primary N) is 1. The standard InChI is InChI=1S/C15H16BrClN2/c1-19(10-12-4-2-3-5-14(12)17)9-11-6-7-13(16)15(18)8-11/h2-8H,9-10,18H2,1H3. The smallest absolute Gasteiger partial charge is 0.0461 e. The Bertz CT molecular complexity index is 572. The first-order valence-corrected chi connectivity index (χ1v) is 7.19. The second-order valence-corrected chi connectivity index (χ2v) is 5.88. The first kappa shape index (κ1) is 14.4. The van der Waals surface area contributed by atoms with Crippen molar-refractivity contribution in [3.8, 4) is 0 Å². The Morgan fingerprint density at radius 1 is 1.16 bits per heavy atom. The molecule has 0 aliphatic carbocycles. The molecule has 0 bridgehead atoms. The molecule has 0 heterocycles. The summed E-state index contributed by atoms with van der Waals surface area (Å²) in [6, 6.07) is 14.0. The number of rotatable bonds is 4. The fourth-order valence-corrected chi connectivity index (χ4v) is 2.42. The van der Waals surface area contributed by atoms with Crippen molar-refractivity contribution in [1.82, 2.24) is 4.90 Å². The number of hydrogen-bond donors (Lipinski definition) is 1. The number of benzene rings is 2. The van der Waals surface area contributed by atoms with Crippen molar-refractivity contribution >= 4 is 33.2 Å². The van der Waals surface area contributed by atoms with Crippen molar-refractivity contribution in [3.63, 3.8) is 0 Å². The molecule has 2 aromatic rings. The van der Waals surface area contributed by atoms with E-state index >= 15 is 0 Å². The minimum absolute atomic E-state index is 0.767. The molecule has 2 N–H and O–H groups in total. The summed E-state index contributed by atoms with van der Waals surface area (Å²) >= 11 is 9.57. The molecule has 0 amide bonds. The van der Waals surface area contributed by atoms with Gasteiger partial charge in [0.05, 0.1) is 0 Å². The fraction of sp³-hybridized carbons (Fsp3) is 0.200. The number of nitrogen functional groups attached to an aromatic ring is 1. The van der Waals surface area contributed by atoms with Crippen LogP contribution in [0.15, 0.2) is 46.9 Å². The van der Waals surface area contributed by atoms with Gasteiger partial charge in [0.2, 0.25) is 0 Å². The molecular weight excluding hydrogens is 324 g/mol. The second-order valence-electron chi connectivity index (χ2n) is 4.62. The third-order valence-electron chi connectivity index (χ3n) is 2.91. The lowest BCUT2D eigenvalue weighted by Gasteiger charge is -2.18. The Balaban J connectivity index is 2.03. The zero-order valence-electron chi connectivity index (χ0n) is 10.7. The van der Waals surface area contributed by atoms with E-state index in [1.54, 1.807) is 0 Å². The van der Waals surface area contributed by atoms with Crippen LogP contribution in [0.4, 0.5) is 5.69 Å². The van der Waals surface area contributed by atoms with E-state index in [1.165, 1.54) is 5.56 Å². The number of halogens is 2. The van der Waals surface area contributed by atoms with Gasteiger partial charge >= 0.3 is 0 Å². The van der Waals surface area contributed by atoms with Gasteiger partial charge in [-0.1, -0.05) is 35.9 Å². The third-order valence-corrected chi connectivity index (χ3v) is 4.00. The zero-order valence-corrected chi connectivity index (χ0v) is 13.1. The maximum Gasteiger partial charge on any atom is 0.0461 e. The maximum absolute atomic E-state index is 6.16. The normalized spacial score (nSPS) is 10.9. The van der Waals surface area contributed by atoms with Crippen LogP contribution in [0.5, 0.6) is 0 Å². The van der Waals surface area contributed by atoms with Crippen molar-refractivity contribution in [3.05, 3.63) is 63.1 Å². The van der Waals surface area contributed by atoms with E-state index in [0.29, 0.717) is 0 Å². The maximum atomic E-state index is 6.16. The third kappa shape index (κ3) is 3.96. The van der Waals surface area contributed by atoms with Crippen LogP contribution in [0, 0.1) is 0 Å². The lowest BCUT2D eigenvalue weighted by Crippen LogP contribution is -2.17. The average molecular weight is 340 g/mol. The van der Waals surface area contributed by atoms with E-state index in [4.69, 9.17) is 17.3 Å². The van der Waals surface area contributed by atoms with Crippen molar-refractivity contribution in [1.29, 1.82) is 0 Å². The van der Waals surface area contributed by atoms with Crippen LogP contribution < -0.4 is 5.73 Å². The molecule has 2 aromatic carbocycles. The highest BCUT2D eigenvalue weighted by Crippen LogP contribution is 2.22. The SMILES string of the molecule is CN(Cc1ccc(Br)c(N)c1)Cc1ccccc1Cl. The molecule has 2 nitrogen and oxygen atoms in total. The summed E-state index contributed by atoms with van der Waals surface area (Å²) in [6.07, 6.45) is 0. The van der Waals surface area contributed by atoms with Gasteiger partial charge < -0.3 is 5.73 Å². The number of nitrogens with zero attached hydrogens (tertiary/aromatic N) is 1. The molecule has 100 valence electrons. The summed E-state index contributed by atoms with van der Waals surface area (Å²) in [4.78, 5) is 2.21. The Morgan fingerprint density at radius 3 is 2.58 bits per heavy atom. The van der Waals surface area contributed by atoms with Gasteiger partial charge in [-0.15, -0.1) is 0 Å². The minimum atomic E-state index is 0.767. The molecule has 2 rings (SSSR count). The van der Waals surface area contributed by atoms with Crippen LogP contribution in [0.3, 0.4) is 0 Å². The van der Waals surface area contributed by atoms with Gasteiger partial charge in [-0.3, -0.25) is 4.90 Å². The van der Waals surface area contributed by atoms with Crippen LogP contribution in [0.1, 0.15) is 11.1 Å². The Kier molecular flexibility index (Phi) is 4.86. The Morgan fingerprint density at radius 2 is 1.89 bits per heavy atom. The molecular formula is C15H16BrClN2. The van der Waals surface area contributed by atoms with E-state index in [-0.39, 0.29) is 0 Å². The summed E-state index contributed by atoms with van der Waals surface area (Å²) in [5.41, 5.74) is 8.98. The van der Waals surface area contributed by atoms with Crippen molar-refractivity contribution in [2.75, 3.05) is 12.8 Å². The average Bonchev–Trinajstić information content (AvgIpc) is 2.37. The van der Waals surface area contributed by atoms with E-state index in [1.807, 2.05) is 30.3 Å². The van der Waals surface area contributed by atoms with Gasteiger partial charge in [0, 0.05) is 28.3 Å². The molecule has 0 saturated carbocycles. The Labute approximate surface area is 127 Å². The molecule has 0 atom stereocenters. The number of anilines is 1. The summed E-state index contributed by atoms with van der Waals surface area (Å²) < 4.78 is 0.935. The van der Waals surface area contributed by atoms with Gasteiger partial charge in [0.1, 0.15) is 0 Å². The van der Waals surface area contributed by atoms with E-state index in [2.05, 4.69) is 40.0 Å². The first-order chi connectivity index (χ1) is 9.06. The molecule has 0 unspecified atom stereocenters. The lowest BCUT2D eigenvalue weighted by atomic mass is 10.1. The molecule has 0 spiro atoms. The van der Waals surface area contributed by atoms with Gasteiger partial charge in [0.25, 0.3) is 0 Å². The summed E-state index contributed by atoms with van der Waals surface area (Å²) in [6.45, 7) is 1.65. The molecule has 4 heteroatoms. The minimum Gasteiger partial charge on any atom is -0.398 e. The van der Waals surface area contributed by atoms with Crippen LogP contribution in [0.25, 0.3) is 0 Å². The summed E-state index contributed by atoms with van der Waals surface area (Å²) in [7, 11) is 2.07. The van der Waals surface area contributed by atoms with E-state index in [0.717, 1.165) is 33.8 Å². The van der Waals surface area contributed by atoms with Gasteiger partial charge in [0.15, 0.2) is 0 Å². The predicted molar refractivity (Wildman–Crippen MR) is 85.2 cm³/mol. The molecule has 0 fully saturated rings. The van der Waals surface area contributed by atoms with E-state index < -0.39 is 0 Å². The molecule has 0 saturated heterocycles. The van der Waals surface area contributed by atoms with Crippen LogP contribution in [-0.4, -0.2) is 11.9 Å². The Hall–Kier alpha value is -1.03. The topological polar surface area (TPSA) is 29.3 Å². The molecule has 19 heavy (non-hydrogen) atoms. The van der Waals surface area contributed by atoms with Crippen molar-refractivity contribution < 1.29 is 0 Å². The van der Waals surface area contributed by atoms with Crippen molar-refractivity contribution in [2.24, 2.45) is 0 Å². The fourth-order valence-electron chi connectivity index (χ4n) is 1.98. The zero-order chi connectivity index (χ0) is 13.8. The highest BCUT2D eigenvalue weighted by atomic mass is 79.9. The van der Waals surface area contributed by atoms with Crippen LogP contribution in [0.2, 0.25) is 5.02 Å². The van der Waals surface area contributed by atoms with Crippen molar-refractivity contribution in [2.45, 2.75) is 13.1 Å².